The number of rotatable bonds is 4. The van der Waals surface area contributed by atoms with Gasteiger partial charge in [0.1, 0.15) is 18.1 Å². The number of aromatic nitrogens is 1. The van der Waals surface area contributed by atoms with Crippen LogP contribution in [0.5, 0.6) is 0 Å². The molecule has 0 fully saturated rings. The molecule has 8 heteroatoms. The highest BCUT2D eigenvalue weighted by Gasteiger charge is 2.35. The third-order valence-corrected chi connectivity index (χ3v) is 3.79. The molecule has 0 saturated heterocycles. The second-order valence-electron chi connectivity index (χ2n) is 5.34. The Hall–Kier alpha value is -2.80. The zero-order valence-electron chi connectivity index (χ0n) is 13.2. The van der Waals surface area contributed by atoms with E-state index in [0.29, 0.717) is 15.5 Å². The number of hydrogen-bond donors (Lipinski definition) is 0. The lowest BCUT2D eigenvalue weighted by Crippen LogP contribution is -2.39. The minimum atomic E-state index is -4.59. The van der Waals surface area contributed by atoms with Gasteiger partial charge in [0.15, 0.2) is 5.76 Å². The Labute approximate surface area is 151 Å². The van der Waals surface area contributed by atoms with E-state index in [2.05, 4.69) is 4.98 Å². The predicted molar refractivity (Wildman–Crippen MR) is 91.1 cm³/mol. The molecule has 0 spiro atoms. The highest BCUT2D eigenvalue weighted by atomic mass is 35.5. The average Bonchev–Trinajstić information content (AvgIpc) is 3.09. The zero-order valence-corrected chi connectivity index (χ0v) is 14.0. The highest BCUT2D eigenvalue weighted by Crippen LogP contribution is 2.30. The molecule has 0 atom stereocenters. The number of halogens is 4. The summed E-state index contributed by atoms with van der Waals surface area (Å²) in [7, 11) is 0. The Bertz CT molecular complexity index is 910. The first-order valence-electron chi connectivity index (χ1n) is 7.49. The van der Waals surface area contributed by atoms with Gasteiger partial charge in [-0.3, -0.25) is 9.69 Å². The first kappa shape index (κ1) is 18.0. The molecule has 2 aromatic heterocycles. The number of furan rings is 1. The minimum Gasteiger partial charge on any atom is -0.451 e. The maximum Gasteiger partial charge on any atom is 0.406 e. The predicted octanol–water partition coefficient (Wildman–Crippen LogP) is 5.20. The molecule has 1 aromatic carbocycles. The summed E-state index contributed by atoms with van der Waals surface area (Å²) in [4.78, 5) is 17.0. The van der Waals surface area contributed by atoms with Gasteiger partial charge in [-0.2, -0.15) is 13.2 Å². The summed E-state index contributed by atoms with van der Waals surface area (Å²) in [5, 5.41) is 0.401. The fourth-order valence-corrected chi connectivity index (χ4v) is 2.57. The molecule has 0 aliphatic heterocycles. The molecule has 0 N–H and O–H groups in total. The third kappa shape index (κ3) is 4.05. The first-order valence-corrected chi connectivity index (χ1v) is 7.87. The van der Waals surface area contributed by atoms with Gasteiger partial charge in [0.25, 0.3) is 5.91 Å². The van der Waals surface area contributed by atoms with Crippen LogP contribution in [0.2, 0.25) is 5.02 Å². The summed E-state index contributed by atoms with van der Waals surface area (Å²) in [6.07, 6.45) is -3.28. The summed E-state index contributed by atoms with van der Waals surface area (Å²) in [6.45, 7) is -1.48. The zero-order chi connectivity index (χ0) is 18.7. The largest absolute Gasteiger partial charge is 0.451 e. The van der Waals surface area contributed by atoms with Gasteiger partial charge < -0.3 is 4.42 Å². The third-order valence-electron chi connectivity index (χ3n) is 3.46. The molecule has 0 aliphatic rings. The van der Waals surface area contributed by atoms with Crippen LogP contribution in [-0.4, -0.2) is 23.6 Å². The molecule has 0 unspecified atom stereocenters. The summed E-state index contributed by atoms with van der Waals surface area (Å²) < 4.78 is 44.2. The Balaban J connectivity index is 1.94. The number of amides is 1. The number of hydrogen-bond acceptors (Lipinski definition) is 3. The van der Waals surface area contributed by atoms with Gasteiger partial charge in [-0.1, -0.05) is 29.8 Å². The summed E-state index contributed by atoms with van der Waals surface area (Å²) in [5.74, 6) is -1.02. The number of carbonyl (C=O) groups excluding carboxylic acids is 1. The quantitative estimate of drug-likeness (QED) is 0.624. The van der Waals surface area contributed by atoms with E-state index in [1.54, 1.807) is 30.3 Å². The topological polar surface area (TPSA) is 46.3 Å². The summed E-state index contributed by atoms with van der Waals surface area (Å²) in [5.41, 5.74) is 0.536. The van der Waals surface area contributed by atoms with Crippen LogP contribution in [0.3, 0.4) is 0 Å². The van der Waals surface area contributed by atoms with E-state index >= 15 is 0 Å². The van der Waals surface area contributed by atoms with Gasteiger partial charge in [-0.05, 0) is 36.4 Å². The van der Waals surface area contributed by atoms with Crippen molar-refractivity contribution in [3.63, 3.8) is 0 Å². The van der Waals surface area contributed by atoms with Crippen molar-refractivity contribution in [1.82, 2.24) is 4.98 Å². The van der Waals surface area contributed by atoms with Gasteiger partial charge in [0.05, 0.1) is 5.02 Å². The lowest BCUT2D eigenvalue weighted by atomic mass is 10.2. The van der Waals surface area contributed by atoms with Crippen molar-refractivity contribution in [2.75, 3.05) is 11.4 Å². The van der Waals surface area contributed by atoms with Gasteiger partial charge in [-0.25, -0.2) is 4.98 Å². The minimum absolute atomic E-state index is 0.120. The highest BCUT2D eigenvalue weighted by molar-refractivity contribution is 6.33. The molecule has 3 rings (SSSR count). The molecular formula is C18H12ClF3N2O2. The van der Waals surface area contributed by atoms with Crippen LogP contribution in [0.15, 0.2) is 65.2 Å². The second kappa shape index (κ2) is 7.21. The Morgan fingerprint density at radius 1 is 1.08 bits per heavy atom. The number of carbonyl (C=O) groups is 1. The van der Waals surface area contributed by atoms with Crippen LogP contribution in [0.1, 0.15) is 10.6 Å². The number of nitrogens with zero attached hydrogens (tertiary/aromatic N) is 2. The average molecular weight is 381 g/mol. The fraction of sp³-hybridized carbons (Fsp3) is 0.111. The fourth-order valence-electron chi connectivity index (χ4n) is 2.34. The van der Waals surface area contributed by atoms with E-state index in [1.807, 2.05) is 0 Å². The molecule has 0 radical (unpaired) electrons. The van der Waals surface area contributed by atoms with Crippen molar-refractivity contribution in [3.8, 4) is 11.3 Å². The second-order valence-corrected chi connectivity index (χ2v) is 5.75. The molecule has 2 heterocycles. The molecular weight excluding hydrogens is 369 g/mol. The van der Waals surface area contributed by atoms with E-state index in [9.17, 15) is 18.0 Å². The van der Waals surface area contributed by atoms with Crippen molar-refractivity contribution < 1.29 is 22.4 Å². The number of anilines is 1. The summed E-state index contributed by atoms with van der Waals surface area (Å²) >= 11 is 6.08. The lowest BCUT2D eigenvalue weighted by Gasteiger charge is -2.21. The number of pyridine rings is 1. The van der Waals surface area contributed by atoms with Crippen molar-refractivity contribution >= 4 is 23.3 Å². The van der Waals surface area contributed by atoms with Crippen LogP contribution >= 0.6 is 11.6 Å². The van der Waals surface area contributed by atoms with Crippen LogP contribution in [-0.2, 0) is 0 Å². The SMILES string of the molecule is O=C(c1ccc(-c2ccccc2Cl)o1)N(CC(F)(F)F)c1ccccn1. The molecule has 0 aliphatic carbocycles. The van der Waals surface area contributed by atoms with Crippen LogP contribution in [0.4, 0.5) is 19.0 Å². The molecule has 3 aromatic rings. The van der Waals surface area contributed by atoms with Gasteiger partial charge >= 0.3 is 6.18 Å². The Morgan fingerprint density at radius 2 is 1.81 bits per heavy atom. The van der Waals surface area contributed by atoms with Crippen molar-refractivity contribution in [2.45, 2.75) is 6.18 Å². The maximum absolute atomic E-state index is 12.9. The van der Waals surface area contributed by atoms with E-state index in [4.69, 9.17) is 16.0 Å². The van der Waals surface area contributed by atoms with Crippen molar-refractivity contribution in [2.24, 2.45) is 0 Å². The van der Waals surface area contributed by atoms with Crippen molar-refractivity contribution in [3.05, 3.63) is 71.6 Å². The van der Waals surface area contributed by atoms with Crippen molar-refractivity contribution in [1.29, 1.82) is 0 Å². The van der Waals surface area contributed by atoms with E-state index in [-0.39, 0.29) is 17.3 Å². The number of benzene rings is 1. The van der Waals surface area contributed by atoms with Crippen LogP contribution in [0, 0.1) is 0 Å². The van der Waals surface area contributed by atoms with Crippen LogP contribution in [0.25, 0.3) is 11.3 Å². The first-order chi connectivity index (χ1) is 12.3. The molecule has 0 saturated carbocycles. The van der Waals surface area contributed by atoms with Crippen LogP contribution < -0.4 is 4.90 Å². The molecule has 26 heavy (non-hydrogen) atoms. The lowest BCUT2D eigenvalue weighted by molar-refractivity contribution is -0.118. The smallest absolute Gasteiger partial charge is 0.406 e. The standard InChI is InChI=1S/C18H12ClF3N2O2/c19-13-6-2-1-5-12(13)14-8-9-15(26-14)17(25)24(11-18(20,21)22)16-7-3-4-10-23-16/h1-10H,11H2. The Morgan fingerprint density at radius 3 is 2.46 bits per heavy atom. The van der Waals surface area contributed by atoms with Gasteiger partial charge in [-0.15, -0.1) is 0 Å². The van der Waals surface area contributed by atoms with E-state index < -0.39 is 18.6 Å². The molecule has 4 nitrogen and oxygen atoms in total. The van der Waals surface area contributed by atoms with Gasteiger partial charge in [0.2, 0.25) is 0 Å². The monoisotopic (exact) mass is 380 g/mol. The number of alkyl halides is 3. The maximum atomic E-state index is 12.9. The normalized spacial score (nSPS) is 11.4. The molecule has 1 amide bonds. The van der Waals surface area contributed by atoms with Gasteiger partial charge in [0, 0.05) is 11.8 Å². The van der Waals surface area contributed by atoms with E-state index in [1.165, 1.54) is 30.5 Å². The Kier molecular flexibility index (Phi) is 4.99. The summed E-state index contributed by atoms with van der Waals surface area (Å²) in [6, 6.07) is 13.9. The van der Waals surface area contributed by atoms with E-state index in [0.717, 1.165) is 0 Å². The molecule has 134 valence electrons. The molecule has 0 bridgehead atoms.